The standard InChI is InChI=1S/C19H23NO3/c1-14-4-7-17(8-5-14)23-11-10-20-19(21)13-16-6-9-18(22-3)15(2)12-16/h4-9,12H,10-11,13H2,1-3H3,(H,20,21). The van der Waals surface area contributed by atoms with Crippen molar-refractivity contribution < 1.29 is 14.3 Å². The smallest absolute Gasteiger partial charge is 0.224 e. The molecule has 0 aliphatic rings. The van der Waals surface area contributed by atoms with Crippen LogP contribution in [-0.2, 0) is 11.2 Å². The first-order valence-electron chi connectivity index (χ1n) is 7.68. The molecule has 0 atom stereocenters. The second-order valence-electron chi connectivity index (χ2n) is 5.49. The number of rotatable bonds is 7. The van der Waals surface area contributed by atoms with Crippen molar-refractivity contribution >= 4 is 5.91 Å². The molecule has 1 amide bonds. The van der Waals surface area contributed by atoms with Gasteiger partial charge in [0.05, 0.1) is 20.1 Å². The van der Waals surface area contributed by atoms with E-state index in [4.69, 9.17) is 9.47 Å². The number of carbonyl (C=O) groups excluding carboxylic acids is 1. The second-order valence-corrected chi connectivity index (χ2v) is 5.49. The molecule has 0 saturated carbocycles. The number of aryl methyl sites for hydroxylation is 2. The normalized spacial score (nSPS) is 10.2. The van der Waals surface area contributed by atoms with Crippen LogP contribution in [0.1, 0.15) is 16.7 Å². The van der Waals surface area contributed by atoms with Crippen molar-refractivity contribution in [2.75, 3.05) is 20.3 Å². The van der Waals surface area contributed by atoms with Gasteiger partial charge in [-0.15, -0.1) is 0 Å². The van der Waals surface area contributed by atoms with Gasteiger partial charge in [0.2, 0.25) is 5.91 Å². The van der Waals surface area contributed by atoms with Gasteiger partial charge in [-0.3, -0.25) is 4.79 Å². The van der Waals surface area contributed by atoms with Gasteiger partial charge < -0.3 is 14.8 Å². The molecular weight excluding hydrogens is 290 g/mol. The van der Waals surface area contributed by atoms with Crippen molar-refractivity contribution in [3.63, 3.8) is 0 Å². The summed E-state index contributed by atoms with van der Waals surface area (Å²) in [5, 5.41) is 2.87. The molecule has 0 saturated heterocycles. The van der Waals surface area contributed by atoms with Gasteiger partial charge in [0.1, 0.15) is 18.1 Å². The molecule has 0 aliphatic heterocycles. The van der Waals surface area contributed by atoms with Gasteiger partial charge in [-0.2, -0.15) is 0 Å². The van der Waals surface area contributed by atoms with E-state index < -0.39 is 0 Å². The van der Waals surface area contributed by atoms with E-state index in [-0.39, 0.29) is 5.91 Å². The summed E-state index contributed by atoms with van der Waals surface area (Å²) in [6, 6.07) is 13.6. The van der Waals surface area contributed by atoms with Crippen molar-refractivity contribution in [2.45, 2.75) is 20.3 Å². The number of hydrogen-bond acceptors (Lipinski definition) is 3. The summed E-state index contributed by atoms with van der Waals surface area (Å²) in [4.78, 5) is 11.9. The molecule has 0 bridgehead atoms. The molecule has 0 heterocycles. The number of amides is 1. The molecule has 2 aromatic rings. The zero-order valence-corrected chi connectivity index (χ0v) is 13.9. The average molecular weight is 313 g/mol. The molecular formula is C19H23NO3. The zero-order valence-electron chi connectivity index (χ0n) is 13.9. The van der Waals surface area contributed by atoms with Crippen molar-refractivity contribution in [1.82, 2.24) is 5.32 Å². The van der Waals surface area contributed by atoms with Crippen LogP contribution in [0.3, 0.4) is 0 Å². The lowest BCUT2D eigenvalue weighted by Gasteiger charge is -2.09. The number of nitrogens with one attached hydrogen (secondary N) is 1. The first kappa shape index (κ1) is 16.9. The van der Waals surface area contributed by atoms with Gasteiger partial charge in [0.15, 0.2) is 0 Å². The highest BCUT2D eigenvalue weighted by Gasteiger charge is 2.05. The van der Waals surface area contributed by atoms with Gasteiger partial charge in [0.25, 0.3) is 0 Å². The van der Waals surface area contributed by atoms with Gasteiger partial charge in [0, 0.05) is 0 Å². The summed E-state index contributed by atoms with van der Waals surface area (Å²) >= 11 is 0. The molecule has 0 unspecified atom stereocenters. The first-order valence-corrected chi connectivity index (χ1v) is 7.68. The molecule has 23 heavy (non-hydrogen) atoms. The lowest BCUT2D eigenvalue weighted by Crippen LogP contribution is -2.29. The molecule has 122 valence electrons. The third-order valence-corrected chi connectivity index (χ3v) is 3.54. The maximum atomic E-state index is 11.9. The van der Waals surface area contributed by atoms with Crippen LogP contribution in [0, 0.1) is 13.8 Å². The number of methoxy groups -OCH3 is 1. The van der Waals surface area contributed by atoms with E-state index in [0.29, 0.717) is 19.6 Å². The lowest BCUT2D eigenvalue weighted by molar-refractivity contribution is -0.120. The molecule has 4 heteroatoms. The van der Waals surface area contributed by atoms with E-state index in [0.717, 1.165) is 22.6 Å². The maximum Gasteiger partial charge on any atom is 0.224 e. The molecule has 1 N–H and O–H groups in total. The summed E-state index contributed by atoms with van der Waals surface area (Å²) < 4.78 is 10.8. The predicted molar refractivity (Wildman–Crippen MR) is 91.1 cm³/mol. The topological polar surface area (TPSA) is 47.6 Å². The van der Waals surface area contributed by atoms with Crippen LogP contribution in [0.5, 0.6) is 11.5 Å². The Hall–Kier alpha value is -2.49. The monoisotopic (exact) mass is 313 g/mol. The first-order chi connectivity index (χ1) is 11.1. The molecule has 0 radical (unpaired) electrons. The van der Waals surface area contributed by atoms with E-state index >= 15 is 0 Å². The molecule has 2 aromatic carbocycles. The minimum atomic E-state index is -0.0120. The Morgan fingerprint density at radius 1 is 1.09 bits per heavy atom. The Morgan fingerprint density at radius 2 is 1.83 bits per heavy atom. The molecule has 0 fully saturated rings. The minimum Gasteiger partial charge on any atom is -0.496 e. The Morgan fingerprint density at radius 3 is 2.48 bits per heavy atom. The Bertz CT molecular complexity index is 650. The lowest BCUT2D eigenvalue weighted by atomic mass is 10.1. The third-order valence-electron chi connectivity index (χ3n) is 3.54. The van der Waals surface area contributed by atoms with Crippen LogP contribution >= 0.6 is 0 Å². The minimum absolute atomic E-state index is 0.0120. The van der Waals surface area contributed by atoms with Crippen LogP contribution in [0.2, 0.25) is 0 Å². The Labute approximate surface area is 137 Å². The number of carbonyl (C=O) groups is 1. The van der Waals surface area contributed by atoms with Crippen molar-refractivity contribution in [3.05, 3.63) is 59.2 Å². The maximum absolute atomic E-state index is 11.9. The number of hydrogen-bond donors (Lipinski definition) is 1. The van der Waals surface area contributed by atoms with Crippen molar-refractivity contribution in [1.29, 1.82) is 0 Å². The van der Waals surface area contributed by atoms with Crippen LogP contribution in [0.15, 0.2) is 42.5 Å². The highest BCUT2D eigenvalue weighted by atomic mass is 16.5. The van der Waals surface area contributed by atoms with Gasteiger partial charge in [-0.05, 0) is 43.2 Å². The number of ether oxygens (including phenoxy) is 2. The van der Waals surface area contributed by atoms with E-state index in [1.807, 2.05) is 56.3 Å². The van der Waals surface area contributed by atoms with E-state index in [9.17, 15) is 4.79 Å². The van der Waals surface area contributed by atoms with Gasteiger partial charge in [-0.25, -0.2) is 0 Å². The average Bonchev–Trinajstić information content (AvgIpc) is 2.53. The van der Waals surface area contributed by atoms with E-state index in [2.05, 4.69) is 5.32 Å². The fourth-order valence-corrected chi connectivity index (χ4v) is 2.29. The third kappa shape index (κ3) is 5.33. The van der Waals surface area contributed by atoms with Crippen LogP contribution in [0.4, 0.5) is 0 Å². The quantitative estimate of drug-likeness (QED) is 0.799. The highest BCUT2D eigenvalue weighted by Crippen LogP contribution is 2.18. The molecule has 0 aliphatic carbocycles. The summed E-state index contributed by atoms with van der Waals surface area (Å²) in [6.45, 7) is 4.94. The highest BCUT2D eigenvalue weighted by molar-refractivity contribution is 5.78. The van der Waals surface area contributed by atoms with Crippen molar-refractivity contribution in [3.8, 4) is 11.5 Å². The SMILES string of the molecule is COc1ccc(CC(=O)NCCOc2ccc(C)cc2)cc1C. The largest absolute Gasteiger partial charge is 0.496 e. The fourth-order valence-electron chi connectivity index (χ4n) is 2.29. The molecule has 0 spiro atoms. The summed E-state index contributed by atoms with van der Waals surface area (Å²) in [5.74, 6) is 1.64. The zero-order chi connectivity index (χ0) is 16.7. The summed E-state index contributed by atoms with van der Waals surface area (Å²) in [6.07, 6.45) is 0.357. The number of benzene rings is 2. The van der Waals surface area contributed by atoms with Gasteiger partial charge in [-0.1, -0.05) is 29.8 Å². The molecule has 0 aromatic heterocycles. The van der Waals surface area contributed by atoms with E-state index in [1.54, 1.807) is 7.11 Å². The van der Waals surface area contributed by atoms with E-state index in [1.165, 1.54) is 5.56 Å². The molecule has 2 rings (SSSR count). The van der Waals surface area contributed by atoms with Crippen LogP contribution in [-0.4, -0.2) is 26.2 Å². The predicted octanol–water partition coefficient (Wildman–Crippen LogP) is 3.05. The summed E-state index contributed by atoms with van der Waals surface area (Å²) in [5.41, 5.74) is 3.20. The van der Waals surface area contributed by atoms with Crippen molar-refractivity contribution in [2.24, 2.45) is 0 Å². The molecule has 4 nitrogen and oxygen atoms in total. The Kier molecular flexibility index (Phi) is 6.03. The Balaban J connectivity index is 1.72. The van der Waals surface area contributed by atoms with Gasteiger partial charge >= 0.3 is 0 Å². The summed E-state index contributed by atoms with van der Waals surface area (Å²) in [7, 11) is 1.64. The van der Waals surface area contributed by atoms with Crippen LogP contribution < -0.4 is 14.8 Å². The second kappa shape index (κ2) is 8.22. The van der Waals surface area contributed by atoms with Crippen LogP contribution in [0.25, 0.3) is 0 Å². The fraction of sp³-hybridized carbons (Fsp3) is 0.316.